The first-order valence-electron chi connectivity index (χ1n) is 10.1. The summed E-state index contributed by atoms with van der Waals surface area (Å²) in [5.74, 6) is 0.881. The second-order valence-corrected chi connectivity index (χ2v) is 6.95. The van der Waals surface area contributed by atoms with E-state index in [4.69, 9.17) is 0 Å². The van der Waals surface area contributed by atoms with Crippen LogP contribution in [0.15, 0.2) is 91.0 Å². The number of hydrogen-bond donors (Lipinski definition) is 0. The van der Waals surface area contributed by atoms with Gasteiger partial charge in [0.2, 0.25) is 5.91 Å². The van der Waals surface area contributed by atoms with Crippen molar-refractivity contribution in [3.05, 3.63) is 96.8 Å². The molecule has 0 fully saturated rings. The highest BCUT2D eigenvalue weighted by atomic mass is 16.2. The van der Waals surface area contributed by atoms with E-state index in [1.807, 2.05) is 91.0 Å². The summed E-state index contributed by atoms with van der Waals surface area (Å²) in [5, 5.41) is 12.0. The maximum absolute atomic E-state index is 13.1. The first kappa shape index (κ1) is 19.5. The van der Waals surface area contributed by atoms with Gasteiger partial charge in [-0.15, -0.1) is 5.10 Å². The molecule has 30 heavy (non-hydrogen) atoms. The molecule has 0 spiro atoms. The Morgan fingerprint density at radius 3 is 1.93 bits per heavy atom. The van der Waals surface area contributed by atoms with Crippen LogP contribution in [0.4, 0.5) is 11.4 Å². The number of aromatic nitrogens is 4. The SMILES string of the molecule is O=C(CCCCc1nnnn1-c1ccccc1)N(c1ccccc1)c1ccccc1. The molecule has 1 amide bonds. The number of anilines is 2. The van der Waals surface area contributed by atoms with Gasteiger partial charge in [0.25, 0.3) is 0 Å². The highest BCUT2D eigenvalue weighted by molar-refractivity contribution is 6.00. The number of carbonyl (C=O) groups is 1. The van der Waals surface area contributed by atoms with Gasteiger partial charge in [0.15, 0.2) is 5.82 Å². The highest BCUT2D eigenvalue weighted by Crippen LogP contribution is 2.26. The minimum atomic E-state index is 0.0788. The standard InChI is InChI=1S/C24H23N5O/c30-24(28(20-12-4-1-5-13-20)21-14-6-2-7-15-21)19-11-10-18-23-25-26-27-29(23)22-16-8-3-9-17-22/h1-9,12-17H,10-11,18-19H2. The molecule has 0 saturated heterocycles. The molecule has 3 aromatic carbocycles. The molecule has 4 rings (SSSR count). The Bertz CT molecular complexity index is 1020. The summed E-state index contributed by atoms with van der Waals surface area (Å²) in [7, 11) is 0. The number of rotatable bonds is 8. The van der Waals surface area contributed by atoms with Crippen molar-refractivity contribution in [3.8, 4) is 5.69 Å². The normalized spacial score (nSPS) is 10.7. The highest BCUT2D eigenvalue weighted by Gasteiger charge is 2.17. The van der Waals surface area contributed by atoms with Crippen LogP contribution in [0.1, 0.15) is 25.1 Å². The molecule has 0 aliphatic carbocycles. The van der Waals surface area contributed by atoms with Gasteiger partial charge >= 0.3 is 0 Å². The van der Waals surface area contributed by atoms with Gasteiger partial charge in [0, 0.05) is 24.2 Å². The average Bonchev–Trinajstić information content (AvgIpc) is 3.28. The number of hydrogen-bond acceptors (Lipinski definition) is 4. The van der Waals surface area contributed by atoms with Gasteiger partial charge in [-0.05, 0) is 59.7 Å². The molecule has 0 aliphatic heterocycles. The maximum Gasteiger partial charge on any atom is 0.231 e. The van der Waals surface area contributed by atoms with Crippen LogP contribution in [0.5, 0.6) is 0 Å². The Balaban J connectivity index is 1.39. The summed E-state index contributed by atoms with van der Waals surface area (Å²) in [6, 6.07) is 29.3. The van der Waals surface area contributed by atoms with Gasteiger partial charge < -0.3 is 0 Å². The molecule has 1 aromatic heterocycles. The molecule has 0 radical (unpaired) electrons. The van der Waals surface area contributed by atoms with E-state index >= 15 is 0 Å². The van der Waals surface area contributed by atoms with Crippen molar-refractivity contribution in [1.29, 1.82) is 0 Å². The van der Waals surface area contributed by atoms with E-state index in [-0.39, 0.29) is 5.91 Å². The molecule has 0 aliphatic rings. The summed E-state index contributed by atoms with van der Waals surface area (Å²) in [5.41, 5.74) is 2.69. The van der Waals surface area contributed by atoms with Crippen LogP contribution in [0.3, 0.4) is 0 Å². The Morgan fingerprint density at radius 1 is 0.767 bits per heavy atom. The van der Waals surface area contributed by atoms with Crippen LogP contribution < -0.4 is 4.90 Å². The predicted molar refractivity (Wildman–Crippen MR) is 117 cm³/mol. The van der Waals surface area contributed by atoms with Gasteiger partial charge in [0.05, 0.1) is 5.69 Å². The van der Waals surface area contributed by atoms with E-state index < -0.39 is 0 Å². The largest absolute Gasteiger partial charge is 0.281 e. The molecule has 6 heteroatoms. The summed E-state index contributed by atoms with van der Waals surface area (Å²) >= 11 is 0. The van der Waals surface area contributed by atoms with Crippen LogP contribution in [0, 0.1) is 0 Å². The number of amides is 1. The summed E-state index contributed by atoms with van der Waals surface area (Å²) in [6.45, 7) is 0. The fourth-order valence-corrected chi connectivity index (χ4v) is 3.39. The van der Waals surface area contributed by atoms with Crippen molar-refractivity contribution < 1.29 is 4.79 Å². The molecule has 4 aromatic rings. The fourth-order valence-electron chi connectivity index (χ4n) is 3.39. The zero-order valence-electron chi connectivity index (χ0n) is 16.6. The summed E-state index contributed by atoms with van der Waals surface area (Å²) in [4.78, 5) is 14.9. The molecular formula is C24H23N5O. The molecule has 0 bridgehead atoms. The Hall–Kier alpha value is -3.80. The third-order valence-corrected chi connectivity index (χ3v) is 4.85. The Labute approximate surface area is 175 Å². The molecular weight excluding hydrogens is 374 g/mol. The maximum atomic E-state index is 13.1. The van der Waals surface area contributed by atoms with Crippen molar-refractivity contribution in [2.24, 2.45) is 0 Å². The van der Waals surface area contributed by atoms with E-state index in [9.17, 15) is 4.79 Å². The van der Waals surface area contributed by atoms with Gasteiger partial charge in [0.1, 0.15) is 0 Å². The zero-order valence-corrected chi connectivity index (χ0v) is 16.6. The van der Waals surface area contributed by atoms with Crippen LogP contribution in [0.2, 0.25) is 0 Å². The first-order valence-corrected chi connectivity index (χ1v) is 10.1. The van der Waals surface area contributed by atoms with Gasteiger partial charge in [-0.2, -0.15) is 4.68 Å². The van der Waals surface area contributed by atoms with Crippen LogP contribution in [-0.4, -0.2) is 26.1 Å². The van der Waals surface area contributed by atoms with E-state index in [1.54, 1.807) is 9.58 Å². The Kier molecular flexibility index (Phi) is 6.25. The number of para-hydroxylation sites is 3. The molecule has 0 N–H and O–H groups in total. The van der Waals surface area contributed by atoms with E-state index in [0.29, 0.717) is 12.8 Å². The predicted octanol–water partition coefficient (Wildman–Crippen LogP) is 4.74. The summed E-state index contributed by atoms with van der Waals surface area (Å²) < 4.78 is 1.75. The second kappa shape index (κ2) is 9.60. The lowest BCUT2D eigenvalue weighted by Crippen LogP contribution is -2.25. The minimum absolute atomic E-state index is 0.0788. The minimum Gasteiger partial charge on any atom is -0.281 e. The zero-order chi connectivity index (χ0) is 20.6. The first-order chi connectivity index (χ1) is 14.8. The molecule has 1 heterocycles. The number of benzene rings is 3. The monoisotopic (exact) mass is 397 g/mol. The number of tetrazole rings is 1. The topological polar surface area (TPSA) is 63.9 Å². The smallest absolute Gasteiger partial charge is 0.231 e. The van der Waals surface area contributed by atoms with Crippen molar-refractivity contribution in [3.63, 3.8) is 0 Å². The van der Waals surface area contributed by atoms with Gasteiger partial charge in [-0.1, -0.05) is 54.6 Å². The molecule has 0 saturated carbocycles. The molecule has 150 valence electrons. The number of nitrogens with zero attached hydrogens (tertiary/aromatic N) is 5. The third kappa shape index (κ3) is 4.60. The number of aryl methyl sites for hydroxylation is 1. The molecule has 0 atom stereocenters. The van der Waals surface area contributed by atoms with Crippen molar-refractivity contribution in [2.45, 2.75) is 25.7 Å². The van der Waals surface area contributed by atoms with E-state index in [2.05, 4.69) is 15.5 Å². The van der Waals surface area contributed by atoms with Crippen molar-refractivity contribution in [1.82, 2.24) is 20.2 Å². The van der Waals surface area contributed by atoms with Crippen molar-refractivity contribution >= 4 is 17.3 Å². The quantitative estimate of drug-likeness (QED) is 0.403. The van der Waals surface area contributed by atoms with Gasteiger partial charge in [-0.25, -0.2) is 0 Å². The Morgan fingerprint density at radius 2 is 1.33 bits per heavy atom. The second-order valence-electron chi connectivity index (χ2n) is 6.95. The fraction of sp³-hybridized carbons (Fsp3) is 0.167. The van der Waals surface area contributed by atoms with Crippen LogP contribution >= 0.6 is 0 Å². The van der Waals surface area contributed by atoms with E-state index in [0.717, 1.165) is 35.7 Å². The lowest BCUT2D eigenvalue weighted by atomic mass is 10.1. The van der Waals surface area contributed by atoms with Crippen LogP contribution in [-0.2, 0) is 11.2 Å². The number of unbranched alkanes of at least 4 members (excludes halogenated alkanes) is 1. The molecule has 0 unspecified atom stereocenters. The average molecular weight is 397 g/mol. The molecule has 6 nitrogen and oxygen atoms in total. The summed E-state index contributed by atoms with van der Waals surface area (Å²) in [6.07, 6.45) is 2.76. The van der Waals surface area contributed by atoms with Crippen molar-refractivity contribution in [2.75, 3.05) is 4.90 Å². The lowest BCUT2D eigenvalue weighted by Gasteiger charge is -2.23. The van der Waals surface area contributed by atoms with Gasteiger partial charge in [-0.3, -0.25) is 9.69 Å². The lowest BCUT2D eigenvalue weighted by molar-refractivity contribution is -0.118. The van der Waals surface area contributed by atoms with Crippen LogP contribution in [0.25, 0.3) is 5.69 Å². The number of carbonyl (C=O) groups excluding carboxylic acids is 1. The third-order valence-electron chi connectivity index (χ3n) is 4.85. The van der Waals surface area contributed by atoms with E-state index in [1.165, 1.54) is 0 Å².